The molecule has 0 aliphatic heterocycles. The van der Waals surface area contributed by atoms with Gasteiger partial charge in [-0.3, -0.25) is 9.59 Å². The number of H-pyrrole nitrogens is 1. The fourth-order valence-corrected chi connectivity index (χ4v) is 2.33. The van der Waals surface area contributed by atoms with Gasteiger partial charge in [0.15, 0.2) is 5.78 Å². The molecule has 7 heteroatoms. The first-order chi connectivity index (χ1) is 10.4. The lowest BCUT2D eigenvalue weighted by molar-refractivity contribution is 0.101. The van der Waals surface area contributed by atoms with Crippen LogP contribution in [0.1, 0.15) is 40.8 Å². The van der Waals surface area contributed by atoms with E-state index < -0.39 is 16.7 Å². The molecule has 1 aromatic carbocycles. The molecule has 0 aliphatic carbocycles. The summed E-state index contributed by atoms with van der Waals surface area (Å²) in [6.07, 6.45) is 0. The molecule has 1 aromatic heterocycles. The summed E-state index contributed by atoms with van der Waals surface area (Å²) in [5.74, 6) is 0.231. The predicted octanol–water partition coefficient (Wildman–Crippen LogP) is 2.10. The quantitative estimate of drug-likeness (QED) is 0.579. The highest BCUT2D eigenvalue weighted by atomic mass is 32.1. The number of hydrogen-bond acceptors (Lipinski definition) is 6. The Kier molecular flexibility index (Phi) is 4.87. The third-order valence-corrected chi connectivity index (χ3v) is 3.54. The van der Waals surface area contributed by atoms with Crippen LogP contribution in [-0.2, 0) is 0 Å². The minimum Gasteiger partial charge on any atom is -0.494 e. The molecule has 1 heterocycles. The van der Waals surface area contributed by atoms with Crippen molar-refractivity contribution in [3.05, 3.63) is 51.6 Å². The summed E-state index contributed by atoms with van der Waals surface area (Å²) in [6, 6.07) is 5.96. The maximum Gasteiger partial charge on any atom is 0.254 e. The number of hydrogen-bond donors (Lipinski definition) is 3. The van der Waals surface area contributed by atoms with Gasteiger partial charge in [0.2, 0.25) is 5.88 Å². The van der Waals surface area contributed by atoms with E-state index in [2.05, 4.69) is 22.6 Å². The molecule has 0 saturated heterocycles. The van der Waals surface area contributed by atoms with Gasteiger partial charge in [0.05, 0.1) is 17.9 Å². The summed E-state index contributed by atoms with van der Waals surface area (Å²) in [7, 11) is 0. The lowest BCUT2D eigenvalue weighted by atomic mass is 10.0. The summed E-state index contributed by atoms with van der Waals surface area (Å²) in [5.41, 5.74) is 0.605. The van der Waals surface area contributed by atoms with E-state index in [0.29, 0.717) is 23.5 Å². The SMILES string of the molecule is CCOc1ccc(C(C)=O)cc1C(S)c1nc(O)cc(=O)[nH]1. The van der Waals surface area contributed by atoms with Crippen LogP contribution in [0.15, 0.2) is 29.1 Å². The van der Waals surface area contributed by atoms with Crippen molar-refractivity contribution >= 4 is 18.4 Å². The number of ether oxygens (including phenoxy) is 1. The molecule has 2 N–H and O–H groups in total. The molecule has 2 aromatic rings. The molecular formula is C15H16N2O4S. The van der Waals surface area contributed by atoms with Crippen LogP contribution in [0.5, 0.6) is 11.6 Å². The predicted molar refractivity (Wildman–Crippen MR) is 85.0 cm³/mol. The van der Waals surface area contributed by atoms with Gasteiger partial charge in [-0.05, 0) is 32.0 Å². The van der Waals surface area contributed by atoms with Crippen LogP contribution in [0.25, 0.3) is 0 Å². The van der Waals surface area contributed by atoms with Crippen LogP contribution in [0, 0.1) is 0 Å². The maximum atomic E-state index is 11.6. The molecule has 0 amide bonds. The second kappa shape index (κ2) is 6.65. The molecule has 22 heavy (non-hydrogen) atoms. The van der Waals surface area contributed by atoms with Gasteiger partial charge in [0, 0.05) is 11.1 Å². The summed E-state index contributed by atoms with van der Waals surface area (Å²) in [4.78, 5) is 29.4. The Morgan fingerprint density at radius 2 is 2.18 bits per heavy atom. The largest absolute Gasteiger partial charge is 0.494 e. The molecule has 0 saturated carbocycles. The Balaban J connectivity index is 2.54. The zero-order chi connectivity index (χ0) is 16.3. The number of aromatic hydroxyl groups is 1. The lowest BCUT2D eigenvalue weighted by Crippen LogP contribution is -2.12. The van der Waals surface area contributed by atoms with Crippen LogP contribution in [0.3, 0.4) is 0 Å². The van der Waals surface area contributed by atoms with Crippen molar-refractivity contribution in [2.45, 2.75) is 19.1 Å². The van der Waals surface area contributed by atoms with E-state index in [-0.39, 0.29) is 11.6 Å². The number of carbonyl (C=O) groups excluding carboxylic acids is 1. The van der Waals surface area contributed by atoms with E-state index in [9.17, 15) is 14.7 Å². The standard InChI is InChI=1S/C15H16N2O4S/c1-3-21-11-5-4-9(8(2)18)6-10(11)14(22)15-16-12(19)7-13(20)17-15/h4-7,14,22H,3H2,1-2H3,(H2,16,17,19,20). The number of thiol groups is 1. The Morgan fingerprint density at radius 1 is 1.45 bits per heavy atom. The fourth-order valence-electron chi connectivity index (χ4n) is 2.01. The molecule has 0 fully saturated rings. The number of benzene rings is 1. The molecule has 1 atom stereocenters. The average Bonchev–Trinajstić information content (AvgIpc) is 2.46. The van der Waals surface area contributed by atoms with Gasteiger partial charge >= 0.3 is 0 Å². The van der Waals surface area contributed by atoms with Gasteiger partial charge in [0.1, 0.15) is 11.6 Å². The van der Waals surface area contributed by atoms with Crippen LogP contribution in [0.4, 0.5) is 0 Å². The molecule has 6 nitrogen and oxygen atoms in total. The van der Waals surface area contributed by atoms with Gasteiger partial charge in [-0.25, -0.2) is 0 Å². The summed E-state index contributed by atoms with van der Waals surface area (Å²) < 4.78 is 5.53. The topological polar surface area (TPSA) is 92.3 Å². The van der Waals surface area contributed by atoms with Gasteiger partial charge in [0.25, 0.3) is 5.56 Å². The lowest BCUT2D eigenvalue weighted by Gasteiger charge is -2.16. The normalized spacial score (nSPS) is 12.0. The first-order valence-electron chi connectivity index (χ1n) is 6.68. The molecule has 0 spiro atoms. The Morgan fingerprint density at radius 3 is 2.77 bits per heavy atom. The van der Waals surface area contributed by atoms with E-state index in [0.717, 1.165) is 6.07 Å². The first-order valence-corrected chi connectivity index (χ1v) is 7.20. The van der Waals surface area contributed by atoms with Crippen molar-refractivity contribution in [3.8, 4) is 11.6 Å². The smallest absolute Gasteiger partial charge is 0.254 e. The Labute approximate surface area is 132 Å². The fraction of sp³-hybridized carbons (Fsp3) is 0.267. The van der Waals surface area contributed by atoms with Crippen molar-refractivity contribution in [3.63, 3.8) is 0 Å². The highest BCUT2D eigenvalue weighted by Gasteiger charge is 2.19. The molecule has 2 rings (SSSR count). The van der Waals surface area contributed by atoms with Crippen molar-refractivity contribution < 1.29 is 14.6 Å². The molecule has 0 radical (unpaired) electrons. The zero-order valence-corrected chi connectivity index (χ0v) is 13.1. The van der Waals surface area contributed by atoms with E-state index in [1.165, 1.54) is 6.92 Å². The van der Waals surface area contributed by atoms with E-state index >= 15 is 0 Å². The minimum absolute atomic E-state index is 0.0952. The van der Waals surface area contributed by atoms with Crippen molar-refractivity contribution in [1.82, 2.24) is 9.97 Å². The van der Waals surface area contributed by atoms with Crippen LogP contribution in [0.2, 0.25) is 0 Å². The summed E-state index contributed by atoms with van der Waals surface area (Å²) in [5, 5.41) is 8.80. The van der Waals surface area contributed by atoms with E-state index in [4.69, 9.17) is 4.74 Å². The van der Waals surface area contributed by atoms with Gasteiger partial charge in [-0.2, -0.15) is 17.6 Å². The van der Waals surface area contributed by atoms with Crippen molar-refractivity contribution in [1.29, 1.82) is 0 Å². The summed E-state index contributed by atoms with van der Waals surface area (Å²) in [6.45, 7) is 3.74. The first kappa shape index (κ1) is 16.1. The molecular weight excluding hydrogens is 304 g/mol. The number of aromatic nitrogens is 2. The number of carbonyl (C=O) groups is 1. The Hall–Kier alpha value is -2.28. The Bertz CT molecular complexity index is 757. The van der Waals surface area contributed by atoms with Gasteiger partial charge in [-0.15, -0.1) is 0 Å². The number of aromatic amines is 1. The highest BCUT2D eigenvalue weighted by Crippen LogP contribution is 2.34. The molecule has 0 aliphatic rings. The monoisotopic (exact) mass is 320 g/mol. The zero-order valence-electron chi connectivity index (χ0n) is 12.2. The van der Waals surface area contributed by atoms with Gasteiger partial charge < -0.3 is 14.8 Å². The second-order valence-electron chi connectivity index (χ2n) is 4.63. The maximum absolute atomic E-state index is 11.6. The van der Waals surface area contributed by atoms with Gasteiger partial charge in [-0.1, -0.05) is 0 Å². The molecule has 116 valence electrons. The van der Waals surface area contributed by atoms with Crippen molar-refractivity contribution in [2.75, 3.05) is 6.61 Å². The van der Waals surface area contributed by atoms with Crippen LogP contribution < -0.4 is 10.3 Å². The third kappa shape index (κ3) is 3.48. The molecule has 0 bridgehead atoms. The molecule has 1 unspecified atom stereocenters. The third-order valence-electron chi connectivity index (χ3n) is 3.02. The van der Waals surface area contributed by atoms with E-state index in [1.807, 2.05) is 6.92 Å². The van der Waals surface area contributed by atoms with Crippen LogP contribution >= 0.6 is 12.6 Å². The minimum atomic E-state index is -0.652. The number of rotatable bonds is 5. The highest BCUT2D eigenvalue weighted by molar-refractivity contribution is 7.80. The summed E-state index contributed by atoms with van der Waals surface area (Å²) >= 11 is 4.45. The average molecular weight is 320 g/mol. The van der Waals surface area contributed by atoms with Crippen molar-refractivity contribution in [2.24, 2.45) is 0 Å². The number of nitrogens with one attached hydrogen (secondary N) is 1. The number of nitrogens with zero attached hydrogens (tertiary/aromatic N) is 1. The second-order valence-corrected chi connectivity index (χ2v) is 5.15. The number of Topliss-reactive ketones (excluding diaryl/α,β-unsaturated/α-hetero) is 1. The number of ketones is 1. The van der Waals surface area contributed by atoms with E-state index in [1.54, 1.807) is 18.2 Å². The van der Waals surface area contributed by atoms with Crippen LogP contribution in [-0.4, -0.2) is 27.5 Å².